The van der Waals surface area contributed by atoms with E-state index < -0.39 is 29.7 Å². The van der Waals surface area contributed by atoms with Gasteiger partial charge in [0, 0.05) is 13.0 Å². The zero-order chi connectivity index (χ0) is 26.4. The molecule has 0 spiro atoms. The normalized spacial score (nSPS) is 17.4. The van der Waals surface area contributed by atoms with Crippen molar-refractivity contribution in [3.05, 3.63) is 64.7 Å². The van der Waals surface area contributed by atoms with Crippen LogP contribution in [0.3, 0.4) is 0 Å². The zero-order valence-electron chi connectivity index (χ0n) is 21.6. The summed E-state index contributed by atoms with van der Waals surface area (Å²) in [5.41, 5.74) is 2.57. The van der Waals surface area contributed by atoms with E-state index in [2.05, 4.69) is 36.2 Å². The molecule has 1 unspecified atom stereocenters. The maximum absolute atomic E-state index is 13.2. The van der Waals surface area contributed by atoms with Crippen LogP contribution < -0.4 is 10.1 Å². The first-order valence-electron chi connectivity index (χ1n) is 13.2. The molecule has 2 aliphatic heterocycles. The number of carbonyl (C=O) groups is 4. The van der Waals surface area contributed by atoms with Crippen molar-refractivity contribution in [1.29, 1.82) is 0 Å². The molecule has 2 aliphatic rings. The lowest BCUT2D eigenvalue weighted by Gasteiger charge is -2.27. The standard InChI is InChI=1S/C29H35N3O5/c1-3-5-16-31(17-6-4-2)18-20-10-12-21(13-11-20)19-37-24-9-7-8-22-26(24)29(36)32(28(22)35)23-14-15-25(33)30-27(23)34/h7-13,23H,3-6,14-19H2,1-2H3,(H,30,33,34). The molecule has 196 valence electrons. The van der Waals surface area contributed by atoms with Gasteiger partial charge >= 0.3 is 0 Å². The number of fused-ring (bicyclic) bond motifs is 1. The van der Waals surface area contributed by atoms with Crippen molar-refractivity contribution < 1.29 is 23.9 Å². The molecule has 1 fully saturated rings. The first kappa shape index (κ1) is 26.5. The molecule has 1 N–H and O–H groups in total. The monoisotopic (exact) mass is 505 g/mol. The number of benzene rings is 2. The minimum absolute atomic E-state index is 0.0815. The number of hydrogen-bond acceptors (Lipinski definition) is 6. The van der Waals surface area contributed by atoms with Crippen molar-refractivity contribution in [2.45, 2.75) is 71.6 Å². The first-order valence-corrected chi connectivity index (χ1v) is 13.2. The number of ether oxygens (including phenoxy) is 1. The van der Waals surface area contributed by atoms with E-state index in [9.17, 15) is 19.2 Å². The minimum Gasteiger partial charge on any atom is -0.488 e. The molecule has 0 bridgehead atoms. The molecule has 4 rings (SSSR count). The second-order valence-electron chi connectivity index (χ2n) is 9.71. The van der Waals surface area contributed by atoms with E-state index in [0.717, 1.165) is 30.1 Å². The smallest absolute Gasteiger partial charge is 0.266 e. The van der Waals surface area contributed by atoms with Crippen LogP contribution in [-0.4, -0.2) is 52.6 Å². The van der Waals surface area contributed by atoms with Crippen LogP contribution in [0.2, 0.25) is 0 Å². The van der Waals surface area contributed by atoms with Crippen molar-refractivity contribution in [2.75, 3.05) is 13.1 Å². The van der Waals surface area contributed by atoms with Gasteiger partial charge < -0.3 is 4.74 Å². The lowest BCUT2D eigenvalue weighted by atomic mass is 10.0. The molecule has 1 saturated heterocycles. The summed E-state index contributed by atoms with van der Waals surface area (Å²) in [6.45, 7) is 7.79. The van der Waals surface area contributed by atoms with E-state index in [1.54, 1.807) is 18.2 Å². The van der Waals surface area contributed by atoms with Gasteiger partial charge in [-0.25, -0.2) is 0 Å². The second-order valence-corrected chi connectivity index (χ2v) is 9.71. The number of rotatable bonds is 12. The quantitative estimate of drug-likeness (QED) is 0.437. The molecule has 2 aromatic rings. The van der Waals surface area contributed by atoms with Gasteiger partial charge in [0.05, 0.1) is 11.1 Å². The molecule has 2 heterocycles. The van der Waals surface area contributed by atoms with Crippen LogP contribution in [-0.2, 0) is 22.7 Å². The Bertz CT molecular complexity index is 1150. The molecule has 0 radical (unpaired) electrons. The molecular formula is C29H35N3O5. The van der Waals surface area contributed by atoms with Crippen molar-refractivity contribution in [3.63, 3.8) is 0 Å². The summed E-state index contributed by atoms with van der Waals surface area (Å²) in [5, 5.41) is 2.21. The van der Waals surface area contributed by atoms with Gasteiger partial charge in [-0.05, 0) is 55.6 Å². The zero-order valence-corrected chi connectivity index (χ0v) is 21.6. The van der Waals surface area contributed by atoms with Crippen LogP contribution in [0.4, 0.5) is 0 Å². The second kappa shape index (κ2) is 12.1. The molecule has 0 aliphatic carbocycles. The van der Waals surface area contributed by atoms with Crippen LogP contribution >= 0.6 is 0 Å². The Morgan fingerprint density at radius 3 is 2.24 bits per heavy atom. The first-order chi connectivity index (χ1) is 17.9. The van der Waals surface area contributed by atoms with E-state index in [4.69, 9.17) is 4.74 Å². The highest BCUT2D eigenvalue weighted by Crippen LogP contribution is 2.34. The molecule has 2 aromatic carbocycles. The number of piperidine rings is 1. The van der Waals surface area contributed by atoms with Crippen LogP contribution in [0.25, 0.3) is 0 Å². The van der Waals surface area contributed by atoms with Crippen LogP contribution in [0.15, 0.2) is 42.5 Å². The molecule has 0 saturated carbocycles. The third kappa shape index (κ3) is 6.07. The van der Waals surface area contributed by atoms with Gasteiger partial charge in [0.25, 0.3) is 11.8 Å². The van der Waals surface area contributed by atoms with E-state index in [1.807, 2.05) is 12.1 Å². The van der Waals surface area contributed by atoms with Gasteiger partial charge in [0.2, 0.25) is 11.8 Å². The minimum atomic E-state index is -1.00. The molecule has 4 amide bonds. The Kier molecular flexibility index (Phi) is 8.71. The SMILES string of the molecule is CCCCN(CCCC)Cc1ccc(COc2cccc3c2C(=O)N(C2CCC(=O)NC2=O)C3=O)cc1. The van der Waals surface area contributed by atoms with Crippen molar-refractivity contribution in [2.24, 2.45) is 0 Å². The Morgan fingerprint density at radius 2 is 1.59 bits per heavy atom. The average Bonchev–Trinajstić information content (AvgIpc) is 3.15. The molecular weight excluding hydrogens is 470 g/mol. The van der Waals surface area contributed by atoms with Gasteiger partial charge in [-0.3, -0.25) is 34.3 Å². The Balaban J connectivity index is 1.42. The lowest BCUT2D eigenvalue weighted by molar-refractivity contribution is -0.136. The number of carbonyl (C=O) groups excluding carboxylic acids is 4. The van der Waals surface area contributed by atoms with E-state index >= 15 is 0 Å². The number of hydrogen-bond donors (Lipinski definition) is 1. The number of amides is 4. The Labute approximate surface area is 218 Å². The summed E-state index contributed by atoms with van der Waals surface area (Å²) >= 11 is 0. The largest absolute Gasteiger partial charge is 0.488 e. The summed E-state index contributed by atoms with van der Waals surface area (Å²) in [4.78, 5) is 53.5. The summed E-state index contributed by atoms with van der Waals surface area (Å²) in [7, 11) is 0. The molecule has 8 nitrogen and oxygen atoms in total. The third-order valence-corrected chi connectivity index (χ3v) is 6.91. The van der Waals surface area contributed by atoms with Crippen LogP contribution in [0, 0.1) is 0 Å². The fourth-order valence-electron chi connectivity index (χ4n) is 4.80. The van der Waals surface area contributed by atoms with E-state index in [-0.39, 0.29) is 30.6 Å². The van der Waals surface area contributed by atoms with Gasteiger partial charge in [-0.15, -0.1) is 0 Å². The molecule has 1 atom stereocenters. The van der Waals surface area contributed by atoms with Crippen LogP contribution in [0.1, 0.15) is 84.2 Å². The highest BCUT2D eigenvalue weighted by atomic mass is 16.5. The topological polar surface area (TPSA) is 96.0 Å². The predicted molar refractivity (Wildman–Crippen MR) is 139 cm³/mol. The van der Waals surface area contributed by atoms with E-state index in [1.165, 1.54) is 31.2 Å². The predicted octanol–water partition coefficient (Wildman–Crippen LogP) is 4.07. The summed E-state index contributed by atoms with van der Waals surface area (Å²) in [6, 6.07) is 12.2. The summed E-state index contributed by atoms with van der Waals surface area (Å²) in [5.74, 6) is -1.83. The number of nitrogens with zero attached hydrogens (tertiary/aromatic N) is 2. The summed E-state index contributed by atoms with van der Waals surface area (Å²) < 4.78 is 6.00. The lowest BCUT2D eigenvalue weighted by Crippen LogP contribution is -2.54. The fraction of sp³-hybridized carbons (Fsp3) is 0.448. The van der Waals surface area contributed by atoms with Crippen LogP contribution in [0.5, 0.6) is 5.75 Å². The van der Waals surface area contributed by atoms with E-state index in [0.29, 0.717) is 5.75 Å². The van der Waals surface area contributed by atoms with Crippen molar-refractivity contribution in [3.8, 4) is 5.75 Å². The van der Waals surface area contributed by atoms with Gasteiger partial charge in [-0.2, -0.15) is 0 Å². The molecule has 37 heavy (non-hydrogen) atoms. The summed E-state index contributed by atoms with van der Waals surface area (Å²) in [6.07, 6.45) is 4.95. The number of unbranched alkanes of at least 4 members (excludes halogenated alkanes) is 2. The van der Waals surface area contributed by atoms with Crippen molar-refractivity contribution >= 4 is 23.6 Å². The molecule has 0 aromatic heterocycles. The average molecular weight is 506 g/mol. The van der Waals surface area contributed by atoms with Gasteiger partial charge in [0.15, 0.2) is 0 Å². The van der Waals surface area contributed by atoms with Crippen molar-refractivity contribution in [1.82, 2.24) is 15.1 Å². The third-order valence-electron chi connectivity index (χ3n) is 6.91. The highest BCUT2D eigenvalue weighted by molar-refractivity contribution is 6.24. The number of nitrogens with one attached hydrogen (secondary N) is 1. The van der Waals surface area contributed by atoms with Gasteiger partial charge in [0.1, 0.15) is 18.4 Å². The molecule has 8 heteroatoms. The Hall–Kier alpha value is -3.52. The van der Waals surface area contributed by atoms with Gasteiger partial charge in [-0.1, -0.05) is 57.0 Å². The maximum Gasteiger partial charge on any atom is 0.266 e. The fourth-order valence-corrected chi connectivity index (χ4v) is 4.80. The maximum atomic E-state index is 13.2. The Morgan fingerprint density at radius 1 is 0.919 bits per heavy atom. The highest BCUT2D eigenvalue weighted by Gasteiger charge is 2.46. The number of imide groups is 2.